The van der Waals surface area contributed by atoms with E-state index in [0.29, 0.717) is 11.8 Å². The minimum atomic E-state index is -7.09. The van der Waals surface area contributed by atoms with E-state index in [0.717, 1.165) is 5.32 Å². The van der Waals surface area contributed by atoms with Gasteiger partial charge in [-0.1, -0.05) is 11.8 Å². The van der Waals surface area contributed by atoms with E-state index in [2.05, 4.69) is 4.99 Å². The Morgan fingerprint density at radius 2 is 1.52 bits per heavy atom. The Labute approximate surface area is 115 Å². The first-order valence-electron chi connectivity index (χ1n) is 4.94. The van der Waals surface area contributed by atoms with Crippen molar-refractivity contribution in [3.8, 4) is 0 Å². The van der Waals surface area contributed by atoms with E-state index in [1.54, 1.807) is 0 Å². The van der Waals surface area contributed by atoms with Gasteiger partial charge in [-0.25, -0.2) is 0 Å². The highest BCUT2D eigenvalue weighted by Crippen LogP contribution is 2.53. The minimum absolute atomic E-state index is 0.0426. The van der Waals surface area contributed by atoms with Gasteiger partial charge >= 0.3 is 29.9 Å². The third kappa shape index (κ3) is 2.92. The molecule has 1 heterocycles. The first kappa shape index (κ1) is 17.9. The Morgan fingerprint density at radius 1 is 1.00 bits per heavy atom. The maximum atomic E-state index is 13.1. The molecule has 0 aromatic carbocycles. The van der Waals surface area contributed by atoms with Gasteiger partial charge < -0.3 is 0 Å². The van der Waals surface area contributed by atoms with Crippen molar-refractivity contribution < 1.29 is 44.3 Å². The van der Waals surface area contributed by atoms with Crippen LogP contribution in [0.25, 0.3) is 0 Å². The number of nitrogens with one attached hydrogen (secondary N) is 1. The summed E-state index contributed by atoms with van der Waals surface area (Å²) in [5.74, 6) is -23.1. The summed E-state index contributed by atoms with van der Waals surface area (Å²) >= 11 is 0.641. The zero-order chi connectivity index (χ0) is 16.7. The molecule has 0 atom stereocenters. The highest BCUT2D eigenvalue weighted by Gasteiger charge is 2.83. The fourth-order valence-corrected chi connectivity index (χ4v) is 1.83. The van der Waals surface area contributed by atoms with E-state index in [1.807, 2.05) is 0 Å². The molecule has 21 heavy (non-hydrogen) atoms. The quantitative estimate of drug-likeness (QED) is 0.797. The smallest absolute Gasteiger partial charge is 0.300 e. The number of amidine groups is 1. The molecular weight excluding hydrogens is 343 g/mol. The van der Waals surface area contributed by atoms with Crippen LogP contribution in [0.1, 0.15) is 0 Å². The number of hydrogen-bond acceptors (Lipinski definition) is 3. The second kappa shape index (κ2) is 5.25. The summed E-state index contributed by atoms with van der Waals surface area (Å²) in [4.78, 5) is 14.2. The SMILES string of the molecule is O=C(NC1=NCCS1)C(F)(F)C(F)(F)C(F)(F)C(F)(F)F. The van der Waals surface area contributed by atoms with E-state index >= 15 is 0 Å². The molecule has 0 unspecified atom stereocenters. The lowest BCUT2D eigenvalue weighted by atomic mass is 10.0. The molecule has 13 heteroatoms. The molecule has 0 radical (unpaired) electrons. The van der Waals surface area contributed by atoms with E-state index in [1.165, 1.54) is 0 Å². The van der Waals surface area contributed by atoms with Crippen molar-refractivity contribution in [2.24, 2.45) is 4.99 Å². The maximum absolute atomic E-state index is 13.1. The van der Waals surface area contributed by atoms with Crippen molar-refractivity contribution in [2.45, 2.75) is 23.9 Å². The summed E-state index contributed by atoms with van der Waals surface area (Å²) < 4.78 is 112. The summed E-state index contributed by atoms with van der Waals surface area (Å²) in [6.07, 6.45) is -6.96. The molecule has 0 aliphatic carbocycles. The van der Waals surface area contributed by atoms with Crippen molar-refractivity contribution in [3.63, 3.8) is 0 Å². The molecule has 1 amide bonds. The van der Waals surface area contributed by atoms with E-state index < -0.39 is 35.0 Å². The van der Waals surface area contributed by atoms with Crippen LogP contribution in [0.4, 0.5) is 39.5 Å². The molecule has 0 fully saturated rings. The highest BCUT2D eigenvalue weighted by atomic mass is 32.2. The van der Waals surface area contributed by atoms with Gasteiger partial charge in [0.2, 0.25) is 0 Å². The van der Waals surface area contributed by atoms with E-state index in [9.17, 15) is 44.3 Å². The summed E-state index contributed by atoms with van der Waals surface area (Å²) in [6.45, 7) is 0.0426. The molecule has 0 saturated carbocycles. The van der Waals surface area contributed by atoms with Gasteiger partial charge in [0, 0.05) is 5.75 Å². The number of carbonyl (C=O) groups excluding carboxylic acids is 1. The Hall–Kier alpha value is -1.14. The van der Waals surface area contributed by atoms with Crippen LogP contribution in [-0.2, 0) is 4.79 Å². The minimum Gasteiger partial charge on any atom is -0.300 e. The monoisotopic (exact) mass is 348 g/mol. The fraction of sp³-hybridized carbons (Fsp3) is 0.750. The first-order valence-corrected chi connectivity index (χ1v) is 5.92. The second-order valence-electron chi connectivity index (χ2n) is 3.71. The summed E-state index contributed by atoms with van der Waals surface area (Å²) in [7, 11) is 0. The number of nitrogens with zero attached hydrogens (tertiary/aromatic N) is 1. The molecule has 1 N–H and O–H groups in total. The Morgan fingerprint density at radius 3 is 1.90 bits per heavy atom. The van der Waals surface area contributed by atoms with Crippen LogP contribution < -0.4 is 5.32 Å². The number of thioether (sulfide) groups is 1. The third-order valence-corrected chi connectivity index (χ3v) is 3.13. The van der Waals surface area contributed by atoms with Gasteiger partial charge in [-0.3, -0.25) is 15.1 Å². The van der Waals surface area contributed by atoms with Gasteiger partial charge in [0.1, 0.15) is 0 Å². The summed E-state index contributed by atoms with van der Waals surface area (Å²) in [5.41, 5.74) is 0. The molecule has 0 aromatic rings. The van der Waals surface area contributed by atoms with Crippen LogP contribution in [0.3, 0.4) is 0 Å². The summed E-state index contributed by atoms with van der Waals surface area (Å²) in [6, 6.07) is 0. The molecule has 3 nitrogen and oxygen atoms in total. The van der Waals surface area contributed by atoms with Gasteiger partial charge in [0.05, 0.1) is 6.54 Å². The number of alkyl halides is 9. The van der Waals surface area contributed by atoms with Gasteiger partial charge in [-0.05, 0) is 0 Å². The molecule has 0 saturated heterocycles. The van der Waals surface area contributed by atoms with Gasteiger partial charge in [0.15, 0.2) is 5.17 Å². The lowest BCUT2D eigenvalue weighted by molar-refractivity contribution is -0.388. The van der Waals surface area contributed by atoms with Crippen molar-refractivity contribution >= 4 is 22.8 Å². The molecule has 1 aliphatic heterocycles. The predicted octanol–water partition coefficient (Wildman–Crippen LogP) is 2.67. The first-order chi connectivity index (χ1) is 9.25. The van der Waals surface area contributed by atoms with Crippen LogP contribution >= 0.6 is 11.8 Å². The summed E-state index contributed by atoms with van der Waals surface area (Å²) in [5, 5.41) is 0.528. The van der Waals surface area contributed by atoms with Crippen molar-refractivity contribution in [1.29, 1.82) is 0 Å². The van der Waals surface area contributed by atoms with Crippen LogP contribution in [0.2, 0.25) is 0 Å². The second-order valence-corrected chi connectivity index (χ2v) is 4.79. The Bertz CT molecular complexity index is 459. The van der Waals surface area contributed by atoms with E-state index in [4.69, 9.17) is 0 Å². The number of rotatable bonds is 3. The molecule has 0 spiro atoms. The lowest BCUT2D eigenvalue weighted by Crippen LogP contribution is -2.65. The highest BCUT2D eigenvalue weighted by molar-refractivity contribution is 8.14. The largest absolute Gasteiger partial charge is 0.460 e. The standard InChI is InChI=1S/C8H5F9N2OS/c9-5(10,3(20)19-4-18-1-2-21-4)6(11,12)7(13,14)8(15,16)17/h1-2H2,(H,18,19,20). The van der Waals surface area contributed by atoms with Gasteiger partial charge in [0.25, 0.3) is 0 Å². The maximum Gasteiger partial charge on any atom is 0.460 e. The molecular formula is C8H5F9N2OS. The number of carbonyl (C=O) groups is 1. The number of hydrogen-bond donors (Lipinski definition) is 1. The van der Waals surface area contributed by atoms with Crippen LogP contribution in [0.5, 0.6) is 0 Å². The molecule has 1 aliphatic rings. The molecule has 1 rings (SSSR count). The number of amides is 1. The van der Waals surface area contributed by atoms with Crippen LogP contribution in [0, 0.1) is 0 Å². The van der Waals surface area contributed by atoms with Crippen LogP contribution in [-0.4, -0.2) is 47.3 Å². The zero-order valence-electron chi connectivity index (χ0n) is 9.58. The lowest BCUT2D eigenvalue weighted by Gasteiger charge is -2.32. The van der Waals surface area contributed by atoms with Crippen molar-refractivity contribution in [1.82, 2.24) is 5.32 Å². The third-order valence-electron chi connectivity index (χ3n) is 2.24. The van der Waals surface area contributed by atoms with Crippen molar-refractivity contribution in [2.75, 3.05) is 12.3 Å². The van der Waals surface area contributed by atoms with E-state index in [-0.39, 0.29) is 12.3 Å². The normalized spacial score (nSPS) is 17.7. The van der Waals surface area contributed by atoms with Gasteiger partial charge in [-0.2, -0.15) is 39.5 Å². The number of halogens is 9. The van der Waals surface area contributed by atoms with Crippen LogP contribution in [0.15, 0.2) is 4.99 Å². The number of aliphatic imine (C=N–C) groups is 1. The molecule has 0 bridgehead atoms. The Kier molecular flexibility index (Phi) is 4.48. The van der Waals surface area contributed by atoms with Crippen molar-refractivity contribution in [3.05, 3.63) is 0 Å². The fourth-order valence-electron chi connectivity index (χ4n) is 1.10. The van der Waals surface area contributed by atoms with Gasteiger partial charge in [-0.15, -0.1) is 0 Å². The molecule has 122 valence electrons. The topological polar surface area (TPSA) is 41.5 Å². The zero-order valence-corrected chi connectivity index (χ0v) is 10.4. The molecule has 0 aromatic heterocycles. The Balaban J connectivity index is 3.06. The average Bonchev–Trinajstić information content (AvgIpc) is 2.79. The average molecular weight is 348 g/mol. The predicted molar refractivity (Wildman–Crippen MR) is 53.8 cm³/mol.